The molecule has 0 amide bonds. The molecule has 0 radical (unpaired) electrons. The Morgan fingerprint density at radius 1 is 1.27 bits per heavy atom. The van der Waals surface area contributed by atoms with Gasteiger partial charge in [-0.1, -0.05) is 12.8 Å². The van der Waals surface area contributed by atoms with Crippen LogP contribution in [0.1, 0.15) is 25.7 Å². The average molecular weight is 180 g/mol. The van der Waals surface area contributed by atoms with Crippen LogP contribution in [-0.4, -0.2) is 25.7 Å². The van der Waals surface area contributed by atoms with Gasteiger partial charge in [-0.25, -0.2) is 8.42 Å². The highest BCUT2D eigenvalue weighted by Gasteiger charge is 2.24. The Balaban J connectivity index is 2.41. The monoisotopic (exact) mass is 180 g/mol. The van der Waals surface area contributed by atoms with E-state index in [1.165, 1.54) is 0 Å². The molecule has 0 unspecified atom stereocenters. The lowest BCUT2D eigenvalue weighted by Gasteiger charge is -2.24. The van der Waals surface area contributed by atoms with E-state index in [0.717, 1.165) is 12.8 Å². The molecule has 1 aliphatic rings. The van der Waals surface area contributed by atoms with Crippen molar-refractivity contribution in [3.8, 4) is 0 Å². The third-order valence-electron chi connectivity index (χ3n) is 1.89. The summed E-state index contributed by atoms with van der Waals surface area (Å²) in [5, 5.41) is 9.23. The average Bonchev–Trinajstić information content (AvgIpc) is 1.93. The van der Waals surface area contributed by atoms with E-state index in [1.54, 1.807) is 0 Å². The van der Waals surface area contributed by atoms with Gasteiger partial charge in [0, 0.05) is 0 Å². The largest absolute Gasteiger partial charge is 0.390 e. The highest BCUT2D eigenvalue weighted by molar-refractivity contribution is 7.67. The number of thiol groups is 1. The lowest BCUT2D eigenvalue weighted by atomic mass is 9.95. The van der Waals surface area contributed by atoms with E-state index in [-0.39, 0.29) is 0 Å². The van der Waals surface area contributed by atoms with Crippen LogP contribution in [0.2, 0.25) is 0 Å². The van der Waals surface area contributed by atoms with Crippen LogP contribution in [0.25, 0.3) is 0 Å². The van der Waals surface area contributed by atoms with Gasteiger partial charge < -0.3 is 5.11 Å². The van der Waals surface area contributed by atoms with E-state index in [2.05, 4.69) is 4.18 Å². The molecule has 0 aromatic heterocycles. The Hall–Kier alpha value is -0.130. The van der Waals surface area contributed by atoms with Gasteiger partial charge in [0.2, 0.25) is 0 Å². The number of rotatable bonds is 2. The molecule has 0 heterocycles. The van der Waals surface area contributed by atoms with Crippen molar-refractivity contribution in [2.75, 3.05) is 0 Å². The summed E-state index contributed by atoms with van der Waals surface area (Å²) in [6.07, 6.45) is 2.08. The topological polar surface area (TPSA) is 63.6 Å². The molecule has 11 heavy (non-hydrogen) atoms. The lowest BCUT2D eigenvalue weighted by Crippen LogP contribution is -2.31. The fraction of sp³-hybridized carbons (Fsp3) is 1.00. The molecule has 0 bridgehead atoms. The van der Waals surface area contributed by atoms with Crippen LogP contribution in [0.15, 0.2) is 0 Å². The Kier molecular flexibility index (Phi) is 3.29. The van der Waals surface area contributed by atoms with Gasteiger partial charge in [0.15, 0.2) is 0 Å². The summed E-state index contributed by atoms with van der Waals surface area (Å²) in [4.78, 5) is 0. The zero-order chi connectivity index (χ0) is 8.27. The van der Waals surface area contributed by atoms with E-state index in [4.69, 9.17) is 0 Å². The zero-order valence-corrected chi connectivity index (χ0v) is 7.00. The molecule has 5 heteroatoms. The van der Waals surface area contributed by atoms with E-state index < -0.39 is 23.2 Å². The highest BCUT2D eigenvalue weighted by Crippen LogP contribution is 2.20. The van der Waals surface area contributed by atoms with Gasteiger partial charge in [0.25, 0.3) is 11.0 Å². The number of aliphatic hydroxyl groups is 1. The van der Waals surface area contributed by atoms with Gasteiger partial charge in [-0.05, 0) is 12.8 Å². The van der Waals surface area contributed by atoms with Gasteiger partial charge in [-0.2, -0.15) is 0 Å². The molecular formula is C6H12O4S. The molecule has 1 saturated carbocycles. The molecule has 1 N–H and O–H groups in total. The Labute approximate surface area is 67.3 Å². The normalized spacial score (nSPS) is 32.5. The van der Waals surface area contributed by atoms with E-state index in [1.807, 2.05) is 0 Å². The van der Waals surface area contributed by atoms with Gasteiger partial charge in [-0.15, -0.1) is 0 Å². The van der Waals surface area contributed by atoms with Crippen molar-refractivity contribution in [1.82, 2.24) is 0 Å². The second-order valence-corrected chi connectivity index (χ2v) is 3.38. The highest BCUT2D eigenvalue weighted by atomic mass is 32.2. The summed E-state index contributed by atoms with van der Waals surface area (Å²) >= 11 is 0. The first-order chi connectivity index (χ1) is 5.20. The van der Waals surface area contributed by atoms with Gasteiger partial charge >= 0.3 is 0 Å². The third-order valence-corrected chi connectivity index (χ3v) is 2.33. The molecule has 2 atom stereocenters. The summed E-state index contributed by atoms with van der Waals surface area (Å²) in [6, 6.07) is 0. The van der Waals surface area contributed by atoms with E-state index in [9.17, 15) is 13.5 Å². The van der Waals surface area contributed by atoms with Crippen molar-refractivity contribution >= 4 is 11.0 Å². The summed E-state index contributed by atoms with van der Waals surface area (Å²) in [6.45, 7) is 0. The lowest BCUT2D eigenvalue weighted by molar-refractivity contribution is 0.0131. The summed E-state index contributed by atoms with van der Waals surface area (Å²) in [7, 11) is -2.81. The van der Waals surface area contributed by atoms with E-state index >= 15 is 0 Å². The summed E-state index contributed by atoms with van der Waals surface area (Å²) in [5.74, 6) is 0. The number of aliphatic hydroxyl groups excluding tert-OH is 1. The fourth-order valence-corrected chi connectivity index (χ4v) is 1.78. The maximum atomic E-state index is 10.1. The van der Waals surface area contributed by atoms with Crippen molar-refractivity contribution < 1.29 is 17.7 Å². The molecule has 1 rings (SSSR count). The van der Waals surface area contributed by atoms with Crippen molar-refractivity contribution in [2.24, 2.45) is 0 Å². The number of hydrogen-bond acceptors (Lipinski definition) is 4. The molecule has 4 nitrogen and oxygen atoms in total. The molecule has 1 aliphatic carbocycles. The first-order valence-corrected chi connectivity index (χ1v) is 4.79. The standard InChI is InChI=1S/C6H12O4S/c7-5-3-1-2-4-6(5)10-11(8)9/h5-7,11H,1-4H2/t5-,6+/m1/s1. The van der Waals surface area contributed by atoms with Crippen molar-refractivity contribution in [3.63, 3.8) is 0 Å². The fourth-order valence-electron chi connectivity index (χ4n) is 1.31. The molecular weight excluding hydrogens is 168 g/mol. The van der Waals surface area contributed by atoms with Crippen molar-refractivity contribution in [2.45, 2.75) is 37.9 Å². The van der Waals surface area contributed by atoms with Crippen LogP contribution < -0.4 is 0 Å². The molecule has 66 valence electrons. The summed E-state index contributed by atoms with van der Waals surface area (Å²) < 4.78 is 24.7. The SMILES string of the molecule is O=[SH](=O)O[C@H]1CCCC[C@H]1O. The first kappa shape index (κ1) is 8.96. The van der Waals surface area contributed by atoms with Crippen LogP contribution >= 0.6 is 0 Å². The minimum atomic E-state index is -2.81. The Bertz CT molecular complexity index is 181. The summed E-state index contributed by atoms with van der Waals surface area (Å²) in [5.41, 5.74) is 0. The van der Waals surface area contributed by atoms with Crippen LogP contribution in [0.5, 0.6) is 0 Å². The van der Waals surface area contributed by atoms with Crippen LogP contribution in [0.3, 0.4) is 0 Å². The van der Waals surface area contributed by atoms with Crippen molar-refractivity contribution in [1.29, 1.82) is 0 Å². The van der Waals surface area contributed by atoms with E-state index in [0.29, 0.717) is 12.8 Å². The maximum absolute atomic E-state index is 10.1. The minimum absolute atomic E-state index is 0.495. The van der Waals surface area contributed by atoms with Crippen LogP contribution in [-0.2, 0) is 15.2 Å². The second kappa shape index (κ2) is 4.04. The Morgan fingerprint density at radius 3 is 2.45 bits per heavy atom. The number of hydrogen-bond donors (Lipinski definition) is 2. The molecule has 0 saturated heterocycles. The maximum Gasteiger partial charge on any atom is 0.257 e. The molecule has 0 spiro atoms. The molecule has 0 aromatic rings. The molecule has 0 aromatic carbocycles. The van der Waals surface area contributed by atoms with Gasteiger partial charge in [0.05, 0.1) is 6.10 Å². The van der Waals surface area contributed by atoms with Crippen LogP contribution in [0, 0.1) is 0 Å². The predicted octanol–water partition coefficient (Wildman–Crippen LogP) is -0.167. The Morgan fingerprint density at radius 2 is 1.91 bits per heavy atom. The van der Waals surface area contributed by atoms with Crippen LogP contribution in [0.4, 0.5) is 0 Å². The zero-order valence-electron chi connectivity index (χ0n) is 6.10. The molecule has 1 fully saturated rings. The predicted molar refractivity (Wildman–Crippen MR) is 39.7 cm³/mol. The molecule has 0 aliphatic heterocycles. The first-order valence-electron chi connectivity index (χ1n) is 3.69. The minimum Gasteiger partial charge on any atom is -0.390 e. The third kappa shape index (κ3) is 2.76. The van der Waals surface area contributed by atoms with Gasteiger partial charge in [-0.3, -0.25) is 4.18 Å². The van der Waals surface area contributed by atoms with Crippen molar-refractivity contribution in [3.05, 3.63) is 0 Å². The van der Waals surface area contributed by atoms with Gasteiger partial charge in [0.1, 0.15) is 6.10 Å². The quantitative estimate of drug-likeness (QED) is 0.579. The smallest absolute Gasteiger partial charge is 0.257 e. The second-order valence-electron chi connectivity index (χ2n) is 2.72.